The molecule has 6 heteroatoms. The van der Waals surface area contributed by atoms with Gasteiger partial charge in [-0.2, -0.15) is 0 Å². The lowest BCUT2D eigenvalue weighted by molar-refractivity contribution is 0.470. The lowest BCUT2D eigenvalue weighted by atomic mass is 10.0. The van der Waals surface area contributed by atoms with E-state index in [1.54, 1.807) is 32.6 Å². The highest BCUT2D eigenvalue weighted by Gasteiger charge is 2.19. The number of H-pyrrole nitrogens is 1. The number of fused-ring (bicyclic) bond motifs is 1. The monoisotopic (exact) mass is 451 g/mol. The van der Waals surface area contributed by atoms with E-state index in [1.165, 1.54) is 9.13 Å². The molecule has 0 radical (unpaired) electrons. The van der Waals surface area contributed by atoms with Crippen molar-refractivity contribution in [2.75, 3.05) is 0 Å². The number of nitrogens with one attached hydrogen (secondary N) is 1. The number of aryl methyl sites for hydroxylation is 4. The number of aromatic nitrogens is 3. The zero-order valence-corrected chi connectivity index (χ0v) is 19.5. The third kappa shape index (κ3) is 3.63. The number of aromatic amines is 1. The fourth-order valence-electron chi connectivity index (χ4n) is 4.29. The van der Waals surface area contributed by atoms with E-state index in [2.05, 4.69) is 4.98 Å². The second-order valence-electron chi connectivity index (χ2n) is 8.62. The molecule has 0 spiro atoms. The van der Waals surface area contributed by atoms with Gasteiger partial charge < -0.3 is 18.9 Å². The molecule has 0 amide bonds. The number of rotatable bonds is 4. The molecule has 6 nitrogen and oxygen atoms in total. The molecule has 0 aliphatic rings. The van der Waals surface area contributed by atoms with E-state index in [1.807, 2.05) is 68.4 Å². The number of pyridine rings is 2. The van der Waals surface area contributed by atoms with E-state index < -0.39 is 0 Å². The molecule has 5 aromatic rings. The van der Waals surface area contributed by atoms with Gasteiger partial charge in [-0.05, 0) is 36.6 Å². The van der Waals surface area contributed by atoms with Crippen LogP contribution in [0.15, 0.2) is 82.6 Å². The van der Waals surface area contributed by atoms with Crippen LogP contribution in [0.3, 0.4) is 0 Å². The minimum absolute atomic E-state index is 0.137. The molecule has 0 fully saturated rings. The van der Waals surface area contributed by atoms with Crippen LogP contribution in [0, 0.1) is 13.8 Å². The molecule has 3 heterocycles. The standard InChI is InChI=1S/C28H25N3O3/c1-17-9-8-10-18(2)27(17)34-24-16-30(3)25(32)14-20(24)22-15-31(4)28(33)26-21(22)13-23(29-26)19-11-6-5-7-12-19/h5-16,29H,1-4H3. The van der Waals surface area contributed by atoms with Crippen LogP contribution >= 0.6 is 0 Å². The molecule has 0 aliphatic heterocycles. The summed E-state index contributed by atoms with van der Waals surface area (Å²) in [5, 5.41) is 0.738. The zero-order chi connectivity index (χ0) is 24.0. The van der Waals surface area contributed by atoms with Gasteiger partial charge in [0.25, 0.3) is 11.1 Å². The first-order valence-electron chi connectivity index (χ1n) is 11.1. The Morgan fingerprint density at radius 3 is 2.21 bits per heavy atom. The quantitative estimate of drug-likeness (QED) is 0.403. The molecule has 0 saturated carbocycles. The van der Waals surface area contributed by atoms with Gasteiger partial charge in [0, 0.05) is 48.6 Å². The first kappa shape index (κ1) is 21.5. The summed E-state index contributed by atoms with van der Waals surface area (Å²) in [6.07, 6.45) is 3.46. The summed E-state index contributed by atoms with van der Waals surface area (Å²) >= 11 is 0. The van der Waals surface area contributed by atoms with Gasteiger partial charge in [0.2, 0.25) is 0 Å². The molecule has 1 N–H and O–H groups in total. The largest absolute Gasteiger partial charge is 0.455 e. The van der Waals surface area contributed by atoms with Crippen molar-refractivity contribution in [1.29, 1.82) is 0 Å². The maximum absolute atomic E-state index is 13.0. The predicted octanol–water partition coefficient (Wildman–Crippen LogP) is 5.31. The van der Waals surface area contributed by atoms with Crippen LogP contribution in [-0.2, 0) is 14.1 Å². The number of ether oxygens (including phenoxy) is 1. The number of nitrogens with zero attached hydrogens (tertiary/aromatic N) is 2. The molecule has 34 heavy (non-hydrogen) atoms. The van der Waals surface area contributed by atoms with Crippen molar-refractivity contribution in [2.24, 2.45) is 14.1 Å². The average molecular weight is 452 g/mol. The van der Waals surface area contributed by atoms with Crippen LogP contribution in [-0.4, -0.2) is 14.1 Å². The fourth-order valence-corrected chi connectivity index (χ4v) is 4.29. The number of benzene rings is 2. The van der Waals surface area contributed by atoms with Gasteiger partial charge >= 0.3 is 0 Å². The minimum Gasteiger partial charge on any atom is -0.455 e. The van der Waals surface area contributed by atoms with Gasteiger partial charge in [-0.1, -0.05) is 48.5 Å². The Labute approximate surface area is 196 Å². The lowest BCUT2D eigenvalue weighted by Gasteiger charge is -2.17. The van der Waals surface area contributed by atoms with Crippen LogP contribution in [0.4, 0.5) is 0 Å². The van der Waals surface area contributed by atoms with Gasteiger partial charge in [0.1, 0.15) is 11.3 Å². The molecule has 0 aliphatic carbocycles. The van der Waals surface area contributed by atoms with Crippen molar-refractivity contribution in [2.45, 2.75) is 13.8 Å². The van der Waals surface area contributed by atoms with E-state index in [9.17, 15) is 9.59 Å². The van der Waals surface area contributed by atoms with Crippen LogP contribution in [0.1, 0.15) is 11.1 Å². The van der Waals surface area contributed by atoms with Gasteiger partial charge in [-0.15, -0.1) is 0 Å². The predicted molar refractivity (Wildman–Crippen MR) is 136 cm³/mol. The van der Waals surface area contributed by atoms with Crippen molar-refractivity contribution in [3.8, 4) is 33.9 Å². The second kappa shape index (κ2) is 8.23. The summed E-state index contributed by atoms with van der Waals surface area (Å²) < 4.78 is 9.44. The summed E-state index contributed by atoms with van der Waals surface area (Å²) in [5.74, 6) is 1.30. The second-order valence-corrected chi connectivity index (χ2v) is 8.62. The average Bonchev–Trinajstić information content (AvgIpc) is 3.27. The summed E-state index contributed by atoms with van der Waals surface area (Å²) in [5.41, 5.74) is 5.37. The third-order valence-electron chi connectivity index (χ3n) is 6.15. The first-order chi connectivity index (χ1) is 16.3. The molecular formula is C28H25N3O3. The molecule has 0 unspecified atom stereocenters. The minimum atomic E-state index is -0.162. The van der Waals surface area contributed by atoms with Crippen LogP contribution in [0.25, 0.3) is 33.3 Å². The first-order valence-corrected chi connectivity index (χ1v) is 11.1. The molecule has 5 rings (SSSR count). The van der Waals surface area contributed by atoms with Crippen molar-refractivity contribution >= 4 is 10.9 Å². The third-order valence-corrected chi connectivity index (χ3v) is 6.15. The molecule has 0 atom stereocenters. The normalized spacial score (nSPS) is 11.2. The topological polar surface area (TPSA) is 69.0 Å². The SMILES string of the molecule is Cc1cccc(C)c1Oc1cn(C)c(=O)cc1-c1cn(C)c(=O)c2[nH]c(-c3ccccc3)cc12. The summed E-state index contributed by atoms with van der Waals surface area (Å²) in [6, 6.07) is 19.3. The van der Waals surface area contributed by atoms with Gasteiger partial charge in [-0.25, -0.2) is 0 Å². The van der Waals surface area contributed by atoms with Gasteiger partial charge in [0.05, 0.1) is 6.20 Å². The summed E-state index contributed by atoms with van der Waals surface area (Å²) in [6.45, 7) is 3.99. The van der Waals surface area contributed by atoms with Gasteiger partial charge in [0.15, 0.2) is 5.75 Å². The van der Waals surface area contributed by atoms with E-state index in [0.717, 1.165) is 39.1 Å². The van der Waals surface area contributed by atoms with Crippen LogP contribution in [0.2, 0.25) is 0 Å². The number of para-hydroxylation sites is 1. The Morgan fingerprint density at radius 2 is 1.50 bits per heavy atom. The summed E-state index contributed by atoms with van der Waals surface area (Å²) in [7, 11) is 3.41. The van der Waals surface area contributed by atoms with Crippen molar-refractivity contribution in [3.05, 3.63) is 105 Å². The summed E-state index contributed by atoms with van der Waals surface area (Å²) in [4.78, 5) is 29.0. The van der Waals surface area contributed by atoms with E-state index >= 15 is 0 Å². The van der Waals surface area contributed by atoms with Crippen LogP contribution in [0.5, 0.6) is 11.5 Å². The highest BCUT2D eigenvalue weighted by Crippen LogP contribution is 2.38. The van der Waals surface area contributed by atoms with E-state index in [4.69, 9.17) is 4.74 Å². The van der Waals surface area contributed by atoms with Crippen molar-refractivity contribution < 1.29 is 4.74 Å². The highest BCUT2D eigenvalue weighted by molar-refractivity contribution is 5.98. The van der Waals surface area contributed by atoms with Crippen molar-refractivity contribution in [3.63, 3.8) is 0 Å². The van der Waals surface area contributed by atoms with Crippen molar-refractivity contribution in [1.82, 2.24) is 14.1 Å². The zero-order valence-electron chi connectivity index (χ0n) is 19.5. The maximum atomic E-state index is 13.0. The Bertz CT molecular complexity index is 1640. The van der Waals surface area contributed by atoms with Crippen LogP contribution < -0.4 is 15.9 Å². The fraction of sp³-hybridized carbons (Fsp3) is 0.143. The lowest BCUT2D eigenvalue weighted by Crippen LogP contribution is -2.18. The van der Waals surface area contributed by atoms with Gasteiger partial charge in [-0.3, -0.25) is 9.59 Å². The molecule has 170 valence electrons. The molecular weight excluding hydrogens is 426 g/mol. The number of hydrogen-bond acceptors (Lipinski definition) is 3. The molecule has 3 aromatic heterocycles. The van der Waals surface area contributed by atoms with E-state index in [-0.39, 0.29) is 11.1 Å². The Hall–Kier alpha value is -4.32. The maximum Gasteiger partial charge on any atom is 0.274 e. The van der Waals surface area contributed by atoms with E-state index in [0.29, 0.717) is 16.8 Å². The Balaban J connectivity index is 1.78. The Morgan fingerprint density at radius 1 is 0.794 bits per heavy atom. The highest BCUT2D eigenvalue weighted by atomic mass is 16.5. The number of hydrogen-bond donors (Lipinski definition) is 1. The molecule has 2 aromatic carbocycles. The molecule has 0 saturated heterocycles. The molecule has 0 bridgehead atoms. The smallest absolute Gasteiger partial charge is 0.274 e. The Kier molecular flexibility index (Phi) is 5.21.